The normalized spacial score (nSPS) is 20.9. The second-order valence-corrected chi connectivity index (χ2v) is 8.67. The number of halogens is 3. The molecule has 0 radical (unpaired) electrons. The maximum absolute atomic E-state index is 13.3. The summed E-state index contributed by atoms with van der Waals surface area (Å²) in [7, 11) is 2.04. The Hall–Kier alpha value is -1.74. The van der Waals surface area contributed by atoms with E-state index in [1.807, 2.05) is 36.2 Å². The molecule has 0 bridgehead atoms. The van der Waals surface area contributed by atoms with E-state index in [1.165, 1.54) is 23.9 Å². The minimum atomic E-state index is -4.41. The summed E-state index contributed by atoms with van der Waals surface area (Å²) in [5, 5.41) is 14.2. The molecule has 4 rings (SSSR count). The summed E-state index contributed by atoms with van der Waals surface area (Å²) in [5.74, 6) is 0. The number of aliphatic hydroxyl groups excluding tert-OH is 1. The Morgan fingerprint density at radius 2 is 1.93 bits per heavy atom. The van der Waals surface area contributed by atoms with Gasteiger partial charge < -0.3 is 20.2 Å². The van der Waals surface area contributed by atoms with Crippen LogP contribution in [0.3, 0.4) is 0 Å². The second-order valence-electron chi connectivity index (χ2n) is 7.59. The summed E-state index contributed by atoms with van der Waals surface area (Å²) in [6.07, 6.45) is -4.51. The van der Waals surface area contributed by atoms with E-state index in [-0.39, 0.29) is 12.6 Å². The van der Waals surface area contributed by atoms with Gasteiger partial charge >= 0.3 is 6.18 Å². The van der Waals surface area contributed by atoms with Crippen molar-refractivity contribution in [1.82, 2.24) is 10.2 Å². The fraction of sp³-hybridized carbons (Fsp3) is 0.429. The molecule has 29 heavy (non-hydrogen) atoms. The summed E-state index contributed by atoms with van der Waals surface area (Å²) in [5.41, 5.74) is 0.656. The predicted octanol–water partition coefficient (Wildman–Crippen LogP) is 3.96. The monoisotopic (exact) mass is 423 g/mol. The maximum Gasteiger partial charge on any atom is 0.416 e. The van der Waals surface area contributed by atoms with Crippen molar-refractivity contribution in [2.45, 2.75) is 34.5 Å². The lowest BCUT2D eigenvalue weighted by Crippen LogP contribution is -2.51. The highest BCUT2D eigenvalue weighted by Crippen LogP contribution is 2.49. The van der Waals surface area contributed by atoms with Crippen LogP contribution in [0.15, 0.2) is 52.3 Å². The molecule has 2 aliphatic heterocycles. The number of fused-ring (bicyclic) bond motifs is 2. The van der Waals surface area contributed by atoms with Crippen LogP contribution in [-0.4, -0.2) is 55.4 Å². The van der Waals surface area contributed by atoms with Crippen LogP contribution in [0, 0.1) is 0 Å². The van der Waals surface area contributed by atoms with E-state index in [9.17, 15) is 18.3 Å². The molecule has 2 aliphatic rings. The molecule has 2 unspecified atom stereocenters. The average molecular weight is 424 g/mol. The van der Waals surface area contributed by atoms with E-state index >= 15 is 0 Å². The Bertz CT molecular complexity index is 876. The van der Waals surface area contributed by atoms with Crippen LogP contribution in [0.2, 0.25) is 0 Å². The Labute approximate surface area is 172 Å². The molecule has 0 aromatic heterocycles. The van der Waals surface area contributed by atoms with Gasteiger partial charge in [-0.05, 0) is 43.8 Å². The van der Waals surface area contributed by atoms with Gasteiger partial charge in [-0.3, -0.25) is 0 Å². The summed E-state index contributed by atoms with van der Waals surface area (Å²) < 4.78 is 39.9. The van der Waals surface area contributed by atoms with Crippen LogP contribution in [-0.2, 0) is 6.18 Å². The first-order chi connectivity index (χ1) is 13.8. The van der Waals surface area contributed by atoms with Gasteiger partial charge in [-0.25, -0.2) is 0 Å². The van der Waals surface area contributed by atoms with Crippen molar-refractivity contribution in [1.29, 1.82) is 0 Å². The molecule has 2 heterocycles. The van der Waals surface area contributed by atoms with Gasteiger partial charge in [-0.15, -0.1) is 0 Å². The average Bonchev–Trinajstić information content (AvgIpc) is 2.68. The van der Waals surface area contributed by atoms with E-state index in [1.54, 1.807) is 0 Å². The Balaban J connectivity index is 1.63. The highest BCUT2D eigenvalue weighted by molar-refractivity contribution is 7.99. The molecule has 2 aromatic rings. The number of β-amino-alcohol motifs (C(OH)–C–C–N with tert-alkyl or cyclic N) is 1. The van der Waals surface area contributed by atoms with Gasteiger partial charge in [0.2, 0.25) is 0 Å². The maximum atomic E-state index is 13.3. The number of nitrogens with one attached hydrogen (secondary N) is 1. The molecule has 0 aliphatic carbocycles. The van der Waals surface area contributed by atoms with E-state index < -0.39 is 17.8 Å². The van der Waals surface area contributed by atoms with Crippen molar-refractivity contribution < 1.29 is 18.3 Å². The first-order valence-electron chi connectivity index (χ1n) is 9.67. The highest BCUT2D eigenvalue weighted by Gasteiger charge is 2.34. The van der Waals surface area contributed by atoms with Gasteiger partial charge in [0.05, 0.1) is 23.0 Å². The van der Waals surface area contributed by atoms with E-state index in [4.69, 9.17) is 0 Å². The highest BCUT2D eigenvalue weighted by atomic mass is 32.2. The van der Waals surface area contributed by atoms with Crippen LogP contribution < -0.4 is 10.2 Å². The predicted molar refractivity (Wildman–Crippen MR) is 109 cm³/mol. The molecule has 1 fully saturated rings. The number of nitrogens with zero attached hydrogens (tertiary/aromatic N) is 2. The number of piperazine rings is 1. The Kier molecular flexibility index (Phi) is 5.79. The number of aliphatic hydroxyl groups is 1. The van der Waals surface area contributed by atoms with Crippen molar-refractivity contribution >= 4 is 23.1 Å². The summed E-state index contributed by atoms with van der Waals surface area (Å²) in [6.45, 7) is 2.89. The van der Waals surface area contributed by atoms with Crippen LogP contribution >= 0.6 is 11.8 Å². The van der Waals surface area contributed by atoms with Crippen molar-refractivity contribution in [3.63, 3.8) is 0 Å². The fourth-order valence-corrected chi connectivity index (χ4v) is 5.00. The molecule has 2 aromatic carbocycles. The zero-order valence-electron chi connectivity index (χ0n) is 16.1. The zero-order valence-corrected chi connectivity index (χ0v) is 16.9. The molecule has 1 saturated heterocycles. The lowest BCUT2D eigenvalue weighted by atomic mass is 10.0. The number of rotatable bonds is 4. The first kappa shape index (κ1) is 20.5. The van der Waals surface area contributed by atoms with Crippen molar-refractivity contribution in [3.05, 3.63) is 48.0 Å². The second kappa shape index (κ2) is 8.18. The number of benzene rings is 2. The first-order valence-corrected chi connectivity index (χ1v) is 10.5. The minimum absolute atomic E-state index is 0.203. The molecule has 2 N–H and O–H groups in total. The number of anilines is 2. The topological polar surface area (TPSA) is 38.7 Å². The molecular formula is C21H24F3N3OS. The van der Waals surface area contributed by atoms with E-state index in [0.29, 0.717) is 12.1 Å². The summed E-state index contributed by atoms with van der Waals surface area (Å²) >= 11 is 1.46. The Morgan fingerprint density at radius 3 is 2.69 bits per heavy atom. The van der Waals surface area contributed by atoms with Crippen LogP contribution in [0.1, 0.15) is 12.0 Å². The number of hydrogen-bond donors (Lipinski definition) is 2. The Morgan fingerprint density at radius 1 is 1.17 bits per heavy atom. The lowest BCUT2D eigenvalue weighted by Gasteiger charge is -2.37. The SMILES string of the molecule is CN1CCNCC1CC(O)CN1c2ccccc2Sc2ccc(C(F)(F)F)cc21. The molecular weight excluding hydrogens is 399 g/mol. The summed E-state index contributed by atoms with van der Waals surface area (Å²) in [4.78, 5) is 5.79. The molecule has 4 nitrogen and oxygen atoms in total. The third kappa shape index (κ3) is 4.40. The third-order valence-electron chi connectivity index (χ3n) is 5.54. The number of likely N-dealkylation sites (N-methyl/N-ethyl adjacent to an activating group) is 1. The summed E-state index contributed by atoms with van der Waals surface area (Å²) in [6, 6.07) is 11.7. The van der Waals surface area contributed by atoms with Gasteiger partial charge in [0.25, 0.3) is 0 Å². The largest absolute Gasteiger partial charge is 0.416 e. The lowest BCUT2D eigenvalue weighted by molar-refractivity contribution is -0.137. The van der Waals surface area contributed by atoms with Crippen molar-refractivity contribution in [3.8, 4) is 0 Å². The van der Waals surface area contributed by atoms with Crippen LogP contribution in [0.5, 0.6) is 0 Å². The minimum Gasteiger partial charge on any atom is -0.391 e. The molecule has 8 heteroatoms. The number of alkyl halides is 3. The van der Waals surface area contributed by atoms with Gasteiger partial charge in [0, 0.05) is 42.0 Å². The molecule has 0 saturated carbocycles. The quantitative estimate of drug-likeness (QED) is 0.779. The van der Waals surface area contributed by atoms with Gasteiger partial charge in [-0.1, -0.05) is 23.9 Å². The van der Waals surface area contributed by atoms with Gasteiger partial charge in [0.1, 0.15) is 0 Å². The zero-order chi connectivity index (χ0) is 20.6. The molecule has 0 spiro atoms. The van der Waals surface area contributed by atoms with Crippen molar-refractivity contribution in [2.24, 2.45) is 0 Å². The molecule has 156 valence electrons. The van der Waals surface area contributed by atoms with E-state index in [2.05, 4.69) is 10.2 Å². The fourth-order valence-electron chi connectivity index (χ4n) is 3.93. The third-order valence-corrected chi connectivity index (χ3v) is 6.67. The molecule has 0 amide bonds. The number of para-hydroxylation sites is 1. The molecule has 2 atom stereocenters. The van der Waals surface area contributed by atoms with Gasteiger partial charge in [0.15, 0.2) is 0 Å². The van der Waals surface area contributed by atoms with E-state index in [0.717, 1.165) is 41.2 Å². The van der Waals surface area contributed by atoms with Crippen LogP contribution in [0.4, 0.5) is 24.5 Å². The van der Waals surface area contributed by atoms with Crippen molar-refractivity contribution in [2.75, 3.05) is 38.1 Å². The smallest absolute Gasteiger partial charge is 0.391 e. The standard InChI is InChI=1S/C21H24F3N3OS/c1-26-9-8-25-12-15(26)11-16(28)13-27-17-4-2-3-5-19(17)29-20-7-6-14(10-18(20)27)21(22,23)24/h2-7,10,15-16,25,28H,8-9,11-13H2,1H3. The van der Waals surface area contributed by atoms with Crippen LogP contribution in [0.25, 0.3) is 0 Å². The van der Waals surface area contributed by atoms with Gasteiger partial charge in [-0.2, -0.15) is 13.2 Å². The number of hydrogen-bond acceptors (Lipinski definition) is 5.